The van der Waals surface area contributed by atoms with E-state index >= 15 is 0 Å². The minimum atomic E-state index is -2.85. The van der Waals surface area contributed by atoms with Crippen molar-refractivity contribution in [1.29, 1.82) is 0 Å². The van der Waals surface area contributed by atoms with Crippen LogP contribution in [-0.4, -0.2) is 69.5 Å². The molecule has 1 saturated heterocycles. The summed E-state index contributed by atoms with van der Waals surface area (Å²) in [6.45, 7) is 10.8. The molecule has 1 heterocycles. The number of aliphatic imine (C=N–C) groups is 1. The summed E-state index contributed by atoms with van der Waals surface area (Å²) in [6, 6.07) is -0.00810. The maximum Gasteiger partial charge on any atom is 0.191 e. The number of nitrogens with one attached hydrogen (secondary N) is 2. The normalized spacial score (nSPS) is 21.1. The Morgan fingerprint density at radius 3 is 2.43 bits per heavy atom. The lowest BCUT2D eigenvalue weighted by molar-refractivity contribution is 0.313. The molecule has 0 spiro atoms. The van der Waals surface area contributed by atoms with Crippen molar-refractivity contribution in [3.63, 3.8) is 0 Å². The van der Waals surface area contributed by atoms with Gasteiger partial charge in [-0.25, -0.2) is 8.42 Å². The minimum Gasteiger partial charge on any atom is -0.357 e. The summed E-state index contributed by atoms with van der Waals surface area (Å²) in [6.07, 6.45) is 0.669. The molecule has 0 aromatic carbocycles. The van der Waals surface area contributed by atoms with Gasteiger partial charge in [-0.1, -0.05) is 13.8 Å². The van der Waals surface area contributed by atoms with Crippen LogP contribution < -0.4 is 10.6 Å². The maximum atomic E-state index is 11.5. The molecule has 21 heavy (non-hydrogen) atoms. The zero-order valence-electron chi connectivity index (χ0n) is 13.3. The first-order valence-corrected chi connectivity index (χ1v) is 9.30. The van der Waals surface area contributed by atoms with E-state index in [2.05, 4.69) is 34.4 Å². The molecule has 1 fully saturated rings. The second kappa shape index (κ2) is 10.6. The van der Waals surface area contributed by atoms with Gasteiger partial charge in [-0.05, 0) is 26.4 Å². The van der Waals surface area contributed by atoms with Gasteiger partial charge in [-0.15, -0.1) is 24.0 Å². The monoisotopic (exact) mass is 432 g/mol. The van der Waals surface area contributed by atoms with Crippen LogP contribution in [0.1, 0.15) is 27.2 Å². The van der Waals surface area contributed by atoms with Gasteiger partial charge in [0.25, 0.3) is 0 Å². The smallest absolute Gasteiger partial charge is 0.191 e. The number of hydrogen-bond acceptors (Lipinski definition) is 4. The molecule has 0 radical (unpaired) electrons. The molecule has 2 N–H and O–H groups in total. The minimum absolute atomic E-state index is 0. The largest absolute Gasteiger partial charge is 0.357 e. The summed E-state index contributed by atoms with van der Waals surface area (Å²) < 4.78 is 22.9. The Morgan fingerprint density at radius 1 is 1.29 bits per heavy atom. The van der Waals surface area contributed by atoms with E-state index in [1.54, 1.807) is 0 Å². The Hall–Kier alpha value is -0.0900. The standard InChI is InChI=1S/C13H28N4O2S.HI/c1-4-14-13(15-8-9-17(5-2)6-3)16-12-7-10-20(18,19)11-12;/h12H,4-11H2,1-3H3,(H2,14,15,16);1H. The van der Waals surface area contributed by atoms with Gasteiger partial charge in [-0.2, -0.15) is 0 Å². The van der Waals surface area contributed by atoms with Gasteiger partial charge >= 0.3 is 0 Å². The third kappa shape index (κ3) is 8.20. The number of sulfone groups is 1. The SMILES string of the molecule is CCNC(=NCCN(CC)CC)NC1CCS(=O)(=O)C1.I. The third-order valence-corrected chi connectivity index (χ3v) is 5.27. The van der Waals surface area contributed by atoms with Gasteiger partial charge in [0.05, 0.1) is 18.1 Å². The van der Waals surface area contributed by atoms with E-state index < -0.39 is 9.84 Å². The van der Waals surface area contributed by atoms with Crippen LogP contribution in [0.2, 0.25) is 0 Å². The summed E-state index contributed by atoms with van der Waals surface area (Å²) in [4.78, 5) is 6.83. The molecule has 1 unspecified atom stereocenters. The number of nitrogens with zero attached hydrogens (tertiary/aromatic N) is 2. The predicted octanol–water partition coefficient (Wildman–Crippen LogP) is 0.688. The van der Waals surface area contributed by atoms with Crippen molar-refractivity contribution in [2.75, 3.05) is 44.2 Å². The van der Waals surface area contributed by atoms with Crippen molar-refractivity contribution in [2.45, 2.75) is 33.2 Å². The molecule has 126 valence electrons. The van der Waals surface area contributed by atoms with Gasteiger partial charge in [0.2, 0.25) is 0 Å². The zero-order chi connectivity index (χ0) is 15.0. The molecule has 0 aliphatic carbocycles. The van der Waals surface area contributed by atoms with Gasteiger partial charge in [0.1, 0.15) is 0 Å². The third-order valence-electron chi connectivity index (χ3n) is 3.50. The van der Waals surface area contributed by atoms with E-state index in [1.807, 2.05) is 6.92 Å². The number of rotatable bonds is 7. The topological polar surface area (TPSA) is 73.8 Å². The molecule has 0 bridgehead atoms. The first-order chi connectivity index (χ1) is 9.50. The molecule has 1 atom stereocenters. The van der Waals surface area contributed by atoms with Gasteiger partial charge in [0, 0.05) is 19.1 Å². The fourth-order valence-corrected chi connectivity index (χ4v) is 3.94. The maximum absolute atomic E-state index is 11.5. The molecule has 6 nitrogen and oxygen atoms in total. The highest BCUT2D eigenvalue weighted by atomic mass is 127. The molecule has 0 saturated carbocycles. The Bertz CT molecular complexity index is 410. The van der Waals surface area contributed by atoms with Crippen LogP contribution in [0.5, 0.6) is 0 Å². The summed E-state index contributed by atoms with van der Waals surface area (Å²) in [5.41, 5.74) is 0. The van der Waals surface area contributed by atoms with E-state index in [0.29, 0.717) is 6.42 Å². The van der Waals surface area contributed by atoms with E-state index in [4.69, 9.17) is 0 Å². The van der Waals surface area contributed by atoms with Crippen molar-refractivity contribution >= 4 is 39.8 Å². The van der Waals surface area contributed by atoms with Crippen LogP contribution in [0.15, 0.2) is 4.99 Å². The number of hydrogen-bond donors (Lipinski definition) is 2. The predicted molar refractivity (Wildman–Crippen MR) is 99.4 cm³/mol. The number of guanidine groups is 1. The molecular weight excluding hydrogens is 403 g/mol. The van der Waals surface area contributed by atoms with E-state index in [-0.39, 0.29) is 41.5 Å². The second-order valence-corrected chi connectivity index (χ2v) is 7.26. The molecule has 0 amide bonds. The lowest BCUT2D eigenvalue weighted by Crippen LogP contribution is -2.44. The van der Waals surface area contributed by atoms with Crippen molar-refractivity contribution in [1.82, 2.24) is 15.5 Å². The Labute approximate surface area is 146 Å². The van der Waals surface area contributed by atoms with E-state index in [0.717, 1.165) is 38.7 Å². The second-order valence-electron chi connectivity index (χ2n) is 5.03. The molecule has 0 aromatic heterocycles. The fraction of sp³-hybridized carbons (Fsp3) is 0.923. The lowest BCUT2D eigenvalue weighted by atomic mass is 10.3. The highest BCUT2D eigenvalue weighted by Gasteiger charge is 2.28. The van der Waals surface area contributed by atoms with Gasteiger partial charge in [0.15, 0.2) is 15.8 Å². The van der Waals surface area contributed by atoms with Gasteiger partial charge < -0.3 is 15.5 Å². The van der Waals surface area contributed by atoms with Crippen molar-refractivity contribution in [3.05, 3.63) is 0 Å². The highest BCUT2D eigenvalue weighted by molar-refractivity contribution is 14.0. The van der Waals surface area contributed by atoms with Crippen LogP contribution in [0.25, 0.3) is 0 Å². The number of likely N-dealkylation sites (N-methyl/N-ethyl adjacent to an activating group) is 1. The molecule has 8 heteroatoms. The molecule has 1 aliphatic heterocycles. The van der Waals surface area contributed by atoms with E-state index in [9.17, 15) is 8.42 Å². The van der Waals surface area contributed by atoms with E-state index in [1.165, 1.54) is 0 Å². The zero-order valence-corrected chi connectivity index (χ0v) is 16.4. The Kier molecular flexibility index (Phi) is 10.6. The lowest BCUT2D eigenvalue weighted by Gasteiger charge is -2.18. The Morgan fingerprint density at radius 2 is 1.95 bits per heavy atom. The van der Waals surface area contributed by atoms with Crippen LogP contribution in [0.3, 0.4) is 0 Å². The quantitative estimate of drug-likeness (QED) is 0.352. The van der Waals surface area contributed by atoms with Crippen molar-refractivity contribution in [3.8, 4) is 0 Å². The van der Waals surface area contributed by atoms with Crippen LogP contribution in [0, 0.1) is 0 Å². The van der Waals surface area contributed by atoms with Gasteiger partial charge in [-0.3, -0.25) is 4.99 Å². The van der Waals surface area contributed by atoms with Crippen LogP contribution >= 0.6 is 24.0 Å². The molecular formula is C13H29IN4O2S. The van der Waals surface area contributed by atoms with Crippen LogP contribution in [-0.2, 0) is 9.84 Å². The number of halogens is 1. The average Bonchev–Trinajstić information content (AvgIpc) is 2.74. The first kappa shape index (κ1) is 20.9. The highest BCUT2D eigenvalue weighted by Crippen LogP contribution is 2.10. The summed E-state index contributed by atoms with van der Waals surface area (Å²) in [7, 11) is -2.85. The summed E-state index contributed by atoms with van der Waals surface area (Å²) >= 11 is 0. The van der Waals surface area contributed by atoms with Crippen LogP contribution in [0.4, 0.5) is 0 Å². The summed E-state index contributed by atoms with van der Waals surface area (Å²) in [5.74, 6) is 1.22. The van der Waals surface area contributed by atoms with Crippen molar-refractivity contribution in [2.24, 2.45) is 4.99 Å². The average molecular weight is 432 g/mol. The molecule has 1 rings (SSSR count). The summed E-state index contributed by atoms with van der Waals surface area (Å²) in [5, 5.41) is 6.40. The molecule has 1 aliphatic rings. The Balaban J connectivity index is 0.00000400. The first-order valence-electron chi connectivity index (χ1n) is 7.48. The fourth-order valence-electron chi connectivity index (χ4n) is 2.27. The molecule has 0 aromatic rings. The van der Waals surface area contributed by atoms with Crippen molar-refractivity contribution < 1.29 is 8.42 Å².